The Labute approximate surface area is 107 Å². The lowest BCUT2D eigenvalue weighted by Crippen LogP contribution is -2.29. The van der Waals surface area contributed by atoms with E-state index in [1.807, 2.05) is 6.07 Å². The maximum absolute atomic E-state index is 9.12. The number of hydrogen-bond acceptors (Lipinski definition) is 3. The van der Waals surface area contributed by atoms with E-state index in [4.69, 9.17) is 16.7 Å². The molecule has 4 heteroatoms. The van der Waals surface area contributed by atoms with Crippen molar-refractivity contribution in [3.8, 4) is 0 Å². The fraction of sp³-hybridized carbons (Fsp3) is 0.667. The third kappa shape index (κ3) is 4.83. The molecule has 1 heterocycles. The average molecular weight is 262 g/mol. The molecule has 1 aromatic rings. The van der Waals surface area contributed by atoms with Crippen LogP contribution in [-0.2, 0) is 6.42 Å². The second-order valence-electron chi connectivity index (χ2n) is 4.17. The minimum atomic E-state index is 0.283. The summed E-state index contributed by atoms with van der Waals surface area (Å²) in [5.41, 5.74) is 0. The van der Waals surface area contributed by atoms with Crippen LogP contribution in [0.1, 0.15) is 18.2 Å². The smallest absolute Gasteiger partial charge is 0.0931 e. The van der Waals surface area contributed by atoms with Crippen molar-refractivity contribution in [2.75, 3.05) is 26.7 Å². The third-order valence-corrected chi connectivity index (χ3v) is 4.07. The van der Waals surface area contributed by atoms with Crippen LogP contribution in [0.25, 0.3) is 0 Å². The first-order valence-corrected chi connectivity index (χ1v) is 6.88. The number of halogens is 1. The van der Waals surface area contributed by atoms with E-state index in [0.29, 0.717) is 5.92 Å². The molecular formula is C12H20ClNOS. The summed E-state index contributed by atoms with van der Waals surface area (Å²) in [7, 11) is 2.10. The summed E-state index contributed by atoms with van der Waals surface area (Å²) in [6.45, 7) is 4.39. The standard InChI is InChI=1S/C12H20ClNOS/c1-3-10(9-15)8-14(2)7-6-11-4-5-12(13)16-11/h4-5,10,15H,3,6-9H2,1-2H3. The zero-order valence-electron chi connectivity index (χ0n) is 9.95. The number of aliphatic hydroxyl groups is 1. The van der Waals surface area contributed by atoms with Crippen molar-refractivity contribution in [3.63, 3.8) is 0 Å². The van der Waals surface area contributed by atoms with E-state index in [1.165, 1.54) is 4.88 Å². The van der Waals surface area contributed by atoms with Crippen LogP contribution in [0.5, 0.6) is 0 Å². The lowest BCUT2D eigenvalue weighted by molar-refractivity contribution is 0.177. The van der Waals surface area contributed by atoms with Crippen molar-refractivity contribution in [2.24, 2.45) is 5.92 Å². The molecule has 2 nitrogen and oxygen atoms in total. The van der Waals surface area contributed by atoms with Crippen molar-refractivity contribution < 1.29 is 5.11 Å². The first-order valence-electron chi connectivity index (χ1n) is 5.69. The molecule has 0 amide bonds. The van der Waals surface area contributed by atoms with E-state index in [2.05, 4.69) is 24.9 Å². The fourth-order valence-electron chi connectivity index (χ4n) is 1.64. The van der Waals surface area contributed by atoms with Gasteiger partial charge in [-0.3, -0.25) is 0 Å². The molecule has 1 aromatic heterocycles. The van der Waals surface area contributed by atoms with Gasteiger partial charge in [0.25, 0.3) is 0 Å². The molecule has 0 saturated carbocycles. The summed E-state index contributed by atoms with van der Waals surface area (Å²) in [5, 5.41) is 9.12. The molecular weight excluding hydrogens is 242 g/mol. The van der Waals surface area contributed by atoms with Gasteiger partial charge in [-0.05, 0) is 37.9 Å². The van der Waals surface area contributed by atoms with Gasteiger partial charge in [-0.1, -0.05) is 18.5 Å². The van der Waals surface area contributed by atoms with Crippen LogP contribution in [0.3, 0.4) is 0 Å². The highest BCUT2D eigenvalue weighted by Crippen LogP contribution is 2.21. The SMILES string of the molecule is CCC(CO)CN(C)CCc1ccc(Cl)s1. The Morgan fingerprint density at radius 1 is 1.50 bits per heavy atom. The Kier molecular flexibility index (Phi) is 6.36. The van der Waals surface area contributed by atoms with Crippen LogP contribution in [0.15, 0.2) is 12.1 Å². The van der Waals surface area contributed by atoms with E-state index < -0.39 is 0 Å². The van der Waals surface area contributed by atoms with Crippen LogP contribution in [0.4, 0.5) is 0 Å². The van der Waals surface area contributed by atoms with E-state index in [0.717, 1.165) is 30.3 Å². The predicted octanol–water partition coefficient (Wildman–Crippen LogP) is 2.89. The van der Waals surface area contributed by atoms with Crippen LogP contribution in [-0.4, -0.2) is 36.8 Å². The Morgan fingerprint density at radius 3 is 2.75 bits per heavy atom. The van der Waals surface area contributed by atoms with Crippen molar-refractivity contribution in [1.82, 2.24) is 4.90 Å². The van der Waals surface area contributed by atoms with Gasteiger partial charge in [0.15, 0.2) is 0 Å². The Hall–Kier alpha value is -0.0900. The van der Waals surface area contributed by atoms with E-state index in [1.54, 1.807) is 11.3 Å². The molecule has 0 saturated heterocycles. The first-order chi connectivity index (χ1) is 7.65. The monoisotopic (exact) mass is 261 g/mol. The summed E-state index contributed by atoms with van der Waals surface area (Å²) in [6.07, 6.45) is 2.07. The number of rotatable bonds is 7. The molecule has 0 aliphatic heterocycles. The maximum atomic E-state index is 9.12. The topological polar surface area (TPSA) is 23.5 Å². The third-order valence-electron chi connectivity index (χ3n) is 2.77. The molecule has 0 aromatic carbocycles. The van der Waals surface area contributed by atoms with E-state index >= 15 is 0 Å². The van der Waals surface area contributed by atoms with Crippen molar-refractivity contribution in [2.45, 2.75) is 19.8 Å². The van der Waals surface area contributed by atoms with Crippen LogP contribution in [0, 0.1) is 5.92 Å². The van der Waals surface area contributed by atoms with Gasteiger partial charge in [-0.2, -0.15) is 0 Å². The summed E-state index contributed by atoms with van der Waals surface area (Å²) >= 11 is 7.53. The average Bonchev–Trinajstić information content (AvgIpc) is 2.69. The number of likely N-dealkylation sites (N-methyl/N-ethyl adjacent to an activating group) is 1. The van der Waals surface area contributed by atoms with Crippen molar-refractivity contribution in [3.05, 3.63) is 21.3 Å². The lowest BCUT2D eigenvalue weighted by Gasteiger charge is -2.21. The number of thiophene rings is 1. The van der Waals surface area contributed by atoms with Gasteiger partial charge in [0.1, 0.15) is 0 Å². The lowest BCUT2D eigenvalue weighted by atomic mass is 10.1. The normalized spacial score (nSPS) is 13.3. The molecule has 1 N–H and O–H groups in total. The van der Waals surface area contributed by atoms with Crippen molar-refractivity contribution in [1.29, 1.82) is 0 Å². The molecule has 0 aliphatic carbocycles. The molecule has 0 fully saturated rings. The highest BCUT2D eigenvalue weighted by molar-refractivity contribution is 7.16. The zero-order valence-corrected chi connectivity index (χ0v) is 11.5. The minimum absolute atomic E-state index is 0.283. The van der Waals surface area contributed by atoms with Crippen LogP contribution >= 0.6 is 22.9 Å². The predicted molar refractivity (Wildman–Crippen MR) is 71.4 cm³/mol. The maximum Gasteiger partial charge on any atom is 0.0931 e. The van der Waals surface area contributed by atoms with Crippen LogP contribution in [0.2, 0.25) is 4.34 Å². The number of nitrogens with zero attached hydrogens (tertiary/aromatic N) is 1. The Balaban J connectivity index is 2.26. The highest BCUT2D eigenvalue weighted by atomic mass is 35.5. The summed E-state index contributed by atoms with van der Waals surface area (Å²) < 4.78 is 0.861. The first kappa shape index (κ1) is 14.0. The van der Waals surface area contributed by atoms with Crippen molar-refractivity contribution >= 4 is 22.9 Å². The van der Waals surface area contributed by atoms with Gasteiger partial charge in [-0.15, -0.1) is 11.3 Å². The molecule has 16 heavy (non-hydrogen) atoms. The minimum Gasteiger partial charge on any atom is -0.396 e. The van der Waals surface area contributed by atoms with Crippen LogP contribution < -0.4 is 0 Å². The molecule has 0 radical (unpaired) electrons. The number of hydrogen-bond donors (Lipinski definition) is 1. The Bertz CT molecular complexity index is 299. The molecule has 1 atom stereocenters. The quantitative estimate of drug-likeness (QED) is 0.816. The summed E-state index contributed by atoms with van der Waals surface area (Å²) in [5.74, 6) is 0.400. The van der Waals surface area contributed by atoms with E-state index in [-0.39, 0.29) is 6.61 Å². The molecule has 92 valence electrons. The van der Waals surface area contributed by atoms with Gasteiger partial charge in [-0.25, -0.2) is 0 Å². The second kappa shape index (κ2) is 7.28. The van der Waals surface area contributed by atoms with Gasteiger partial charge in [0, 0.05) is 24.6 Å². The van der Waals surface area contributed by atoms with Gasteiger partial charge >= 0.3 is 0 Å². The zero-order chi connectivity index (χ0) is 12.0. The van der Waals surface area contributed by atoms with Gasteiger partial charge < -0.3 is 10.0 Å². The van der Waals surface area contributed by atoms with Gasteiger partial charge in [0.05, 0.1) is 4.34 Å². The molecule has 0 bridgehead atoms. The Morgan fingerprint density at radius 2 is 2.25 bits per heavy atom. The summed E-state index contributed by atoms with van der Waals surface area (Å²) in [4.78, 5) is 3.60. The molecule has 1 unspecified atom stereocenters. The fourth-order valence-corrected chi connectivity index (χ4v) is 2.71. The largest absolute Gasteiger partial charge is 0.396 e. The van der Waals surface area contributed by atoms with Gasteiger partial charge in [0.2, 0.25) is 0 Å². The summed E-state index contributed by atoms with van der Waals surface area (Å²) in [6, 6.07) is 4.04. The molecule has 1 rings (SSSR count). The number of aliphatic hydroxyl groups excluding tert-OH is 1. The molecule has 0 aliphatic rings. The highest BCUT2D eigenvalue weighted by Gasteiger charge is 2.08. The molecule has 0 spiro atoms. The second-order valence-corrected chi connectivity index (χ2v) is 5.97. The van der Waals surface area contributed by atoms with E-state index in [9.17, 15) is 0 Å².